The van der Waals surface area contributed by atoms with Crippen molar-refractivity contribution in [3.8, 4) is 0 Å². The van der Waals surface area contributed by atoms with Crippen molar-refractivity contribution in [1.29, 1.82) is 0 Å². The van der Waals surface area contributed by atoms with Crippen LogP contribution in [0.2, 0.25) is 5.02 Å². The van der Waals surface area contributed by atoms with E-state index in [9.17, 15) is 4.79 Å². The van der Waals surface area contributed by atoms with Crippen LogP contribution in [0.15, 0.2) is 18.2 Å². The van der Waals surface area contributed by atoms with E-state index in [1.54, 1.807) is 6.07 Å². The molecule has 0 aromatic heterocycles. The number of ether oxygens (including phenoxy) is 1. The molecule has 0 spiro atoms. The molecule has 2 atom stereocenters. The van der Waals surface area contributed by atoms with Gasteiger partial charge in [-0.3, -0.25) is 15.6 Å². The summed E-state index contributed by atoms with van der Waals surface area (Å²) in [4.78, 5) is 13.4. The number of hydrazine groups is 1. The Morgan fingerprint density at radius 2 is 2.00 bits per heavy atom. The molecule has 1 fully saturated rings. The second-order valence-electron chi connectivity index (χ2n) is 6.51. The molecule has 2 rings (SSSR count). The van der Waals surface area contributed by atoms with E-state index in [1.165, 1.54) is 4.90 Å². The van der Waals surface area contributed by atoms with Crippen LogP contribution in [0.3, 0.4) is 0 Å². The number of halogens is 1. The lowest BCUT2D eigenvalue weighted by molar-refractivity contribution is -0.914. The molecule has 1 aliphatic heterocycles. The normalized spacial score (nSPS) is 23.0. The van der Waals surface area contributed by atoms with E-state index >= 15 is 0 Å². The molecule has 1 amide bonds. The predicted molar refractivity (Wildman–Crippen MR) is 104 cm³/mol. The number of carbonyl (C=O) groups excluding carboxylic acids is 1. The Bertz CT molecular complexity index is 619. The van der Waals surface area contributed by atoms with E-state index in [0.717, 1.165) is 30.9 Å². The SMILES string of the molecule is Cc1ccc(NC(=S)NNC(=O)CC[NH+]2C[C@@H](C)O[C@H](C)C2)cc1Cl. The molecule has 0 radical (unpaired) electrons. The Morgan fingerprint density at radius 3 is 2.64 bits per heavy atom. The second kappa shape index (κ2) is 9.33. The molecule has 0 saturated carbocycles. The van der Waals surface area contributed by atoms with Crippen molar-refractivity contribution in [2.24, 2.45) is 0 Å². The molecule has 25 heavy (non-hydrogen) atoms. The Labute approximate surface area is 159 Å². The lowest BCUT2D eigenvalue weighted by Gasteiger charge is -2.32. The van der Waals surface area contributed by atoms with Crippen molar-refractivity contribution < 1.29 is 14.4 Å². The highest BCUT2D eigenvalue weighted by molar-refractivity contribution is 7.80. The summed E-state index contributed by atoms with van der Waals surface area (Å²) in [5, 5.41) is 3.96. The van der Waals surface area contributed by atoms with E-state index in [0.29, 0.717) is 16.6 Å². The largest absolute Gasteiger partial charge is 0.364 e. The van der Waals surface area contributed by atoms with Gasteiger partial charge in [-0.1, -0.05) is 17.7 Å². The minimum atomic E-state index is -0.0922. The van der Waals surface area contributed by atoms with Gasteiger partial charge in [0.2, 0.25) is 5.91 Å². The number of quaternary nitrogens is 1. The average Bonchev–Trinajstić information content (AvgIpc) is 2.53. The summed E-state index contributed by atoms with van der Waals surface area (Å²) >= 11 is 11.2. The fourth-order valence-electron chi connectivity index (χ4n) is 2.91. The number of hydrogen-bond acceptors (Lipinski definition) is 3. The van der Waals surface area contributed by atoms with Crippen LogP contribution in [0.1, 0.15) is 25.8 Å². The summed E-state index contributed by atoms with van der Waals surface area (Å²) in [6.07, 6.45) is 0.900. The third-order valence-corrected chi connectivity index (χ3v) is 4.68. The number of benzene rings is 1. The lowest BCUT2D eigenvalue weighted by atomic mass is 10.2. The van der Waals surface area contributed by atoms with E-state index < -0.39 is 0 Å². The maximum absolute atomic E-state index is 12.0. The summed E-state index contributed by atoms with van der Waals surface area (Å²) in [6, 6.07) is 5.57. The second-order valence-corrected chi connectivity index (χ2v) is 7.32. The molecular weight excluding hydrogens is 360 g/mol. The summed E-state index contributed by atoms with van der Waals surface area (Å²) in [5.74, 6) is -0.0922. The molecule has 0 aliphatic carbocycles. The van der Waals surface area contributed by atoms with E-state index in [2.05, 4.69) is 30.0 Å². The van der Waals surface area contributed by atoms with E-state index in [1.807, 2.05) is 19.1 Å². The van der Waals surface area contributed by atoms with Crippen LogP contribution in [0, 0.1) is 6.92 Å². The minimum Gasteiger partial charge on any atom is -0.364 e. The summed E-state index contributed by atoms with van der Waals surface area (Å²) in [7, 11) is 0. The highest BCUT2D eigenvalue weighted by atomic mass is 35.5. The van der Waals surface area contributed by atoms with Gasteiger partial charge in [0.05, 0.1) is 13.0 Å². The van der Waals surface area contributed by atoms with Gasteiger partial charge in [-0.15, -0.1) is 0 Å². The van der Waals surface area contributed by atoms with Gasteiger partial charge in [0.25, 0.3) is 0 Å². The van der Waals surface area contributed by atoms with Crippen LogP contribution < -0.4 is 21.1 Å². The van der Waals surface area contributed by atoms with Crippen molar-refractivity contribution in [1.82, 2.24) is 10.9 Å². The molecule has 8 heteroatoms. The predicted octanol–water partition coefficient (Wildman–Crippen LogP) is 1.05. The summed E-state index contributed by atoms with van der Waals surface area (Å²) in [5.41, 5.74) is 7.10. The zero-order valence-corrected chi connectivity index (χ0v) is 16.4. The standard InChI is InChI=1S/C17H25ClN4O2S/c1-11-4-5-14(8-15(11)18)19-17(25)21-20-16(23)6-7-22-9-12(2)24-13(3)10-22/h4-5,8,12-13H,6-7,9-10H2,1-3H3,(H,20,23)(H2,19,21,25)/p+1/t12-,13-/m1/s1. The van der Waals surface area contributed by atoms with Crippen molar-refractivity contribution in [2.45, 2.75) is 39.4 Å². The topological polar surface area (TPSA) is 66.8 Å². The van der Waals surface area contributed by atoms with Crippen LogP contribution in [0.5, 0.6) is 0 Å². The fraction of sp³-hybridized carbons (Fsp3) is 0.529. The minimum absolute atomic E-state index is 0.0922. The van der Waals surface area contributed by atoms with Gasteiger partial charge in [0.1, 0.15) is 25.3 Å². The fourth-order valence-corrected chi connectivity index (χ4v) is 3.25. The van der Waals surface area contributed by atoms with Crippen LogP contribution in [0.25, 0.3) is 0 Å². The summed E-state index contributed by atoms with van der Waals surface area (Å²) < 4.78 is 5.71. The number of hydrogen-bond donors (Lipinski definition) is 4. The molecule has 0 bridgehead atoms. The number of anilines is 1. The molecule has 1 aromatic carbocycles. The zero-order chi connectivity index (χ0) is 18.4. The van der Waals surface area contributed by atoms with Crippen LogP contribution in [-0.2, 0) is 9.53 Å². The van der Waals surface area contributed by atoms with Gasteiger partial charge in [0.15, 0.2) is 5.11 Å². The molecule has 138 valence electrons. The van der Waals surface area contributed by atoms with Crippen molar-refractivity contribution in [3.05, 3.63) is 28.8 Å². The Balaban J connectivity index is 1.68. The molecule has 0 unspecified atom stereocenters. The van der Waals surface area contributed by atoms with Gasteiger partial charge >= 0.3 is 0 Å². The molecule has 1 aromatic rings. The van der Waals surface area contributed by atoms with Crippen LogP contribution in [0.4, 0.5) is 5.69 Å². The summed E-state index contributed by atoms with van der Waals surface area (Å²) in [6.45, 7) is 8.70. The number of nitrogens with one attached hydrogen (secondary N) is 4. The first-order valence-corrected chi connectivity index (χ1v) is 9.23. The number of carbonyl (C=O) groups is 1. The molecule has 4 N–H and O–H groups in total. The van der Waals surface area contributed by atoms with E-state index in [4.69, 9.17) is 28.6 Å². The van der Waals surface area contributed by atoms with Gasteiger partial charge in [-0.25, -0.2) is 0 Å². The van der Waals surface area contributed by atoms with Crippen molar-refractivity contribution in [2.75, 3.05) is 25.0 Å². The van der Waals surface area contributed by atoms with Crippen LogP contribution >= 0.6 is 23.8 Å². The smallest absolute Gasteiger partial charge is 0.244 e. The first kappa shape index (κ1) is 19.9. The van der Waals surface area contributed by atoms with Crippen molar-refractivity contribution in [3.63, 3.8) is 0 Å². The highest BCUT2D eigenvalue weighted by Gasteiger charge is 2.25. The maximum Gasteiger partial charge on any atom is 0.244 e. The molecule has 1 aliphatic rings. The first-order chi connectivity index (χ1) is 11.8. The van der Waals surface area contributed by atoms with Crippen molar-refractivity contribution >= 4 is 40.5 Å². The number of aryl methyl sites for hydroxylation is 1. The molecular formula is C17H26ClN4O2S+. The lowest BCUT2D eigenvalue weighted by Crippen LogP contribution is -3.15. The Morgan fingerprint density at radius 1 is 1.32 bits per heavy atom. The third-order valence-electron chi connectivity index (χ3n) is 4.07. The van der Waals surface area contributed by atoms with E-state index in [-0.39, 0.29) is 18.1 Å². The zero-order valence-electron chi connectivity index (χ0n) is 14.8. The number of rotatable bonds is 4. The third kappa shape index (κ3) is 6.78. The molecule has 1 heterocycles. The maximum atomic E-state index is 12.0. The molecule has 6 nitrogen and oxygen atoms in total. The quantitative estimate of drug-likeness (QED) is 0.461. The highest BCUT2D eigenvalue weighted by Crippen LogP contribution is 2.19. The molecule has 1 saturated heterocycles. The van der Waals surface area contributed by atoms with Gasteiger partial charge in [0, 0.05) is 10.7 Å². The van der Waals surface area contributed by atoms with Gasteiger partial charge in [-0.2, -0.15) is 0 Å². The monoisotopic (exact) mass is 385 g/mol. The van der Waals surface area contributed by atoms with Gasteiger partial charge < -0.3 is 15.0 Å². The Kier molecular flexibility index (Phi) is 7.43. The van der Waals surface area contributed by atoms with Crippen LogP contribution in [-0.4, -0.2) is 42.9 Å². The number of thiocarbonyl (C=S) groups is 1. The first-order valence-electron chi connectivity index (χ1n) is 8.44. The number of morpholine rings is 1. The Hall–Kier alpha value is -1.41. The average molecular weight is 386 g/mol. The van der Waals surface area contributed by atoms with Gasteiger partial charge in [-0.05, 0) is 50.7 Å². The number of amides is 1.